The van der Waals surface area contributed by atoms with Gasteiger partial charge in [0.05, 0.1) is 0 Å². The van der Waals surface area contributed by atoms with Gasteiger partial charge in [-0.15, -0.1) is 0 Å². The SMILES string of the molecule is CO[Si](OC)(Oc1ccc(C)cc1C)Oc1ccc(C)cc1C. The Morgan fingerprint density at radius 1 is 0.652 bits per heavy atom. The van der Waals surface area contributed by atoms with Crippen molar-refractivity contribution in [1.29, 1.82) is 0 Å². The largest absolute Gasteiger partial charge is 0.820 e. The van der Waals surface area contributed by atoms with Gasteiger partial charge in [-0.25, -0.2) is 0 Å². The summed E-state index contributed by atoms with van der Waals surface area (Å²) in [5.74, 6) is 1.41. The van der Waals surface area contributed by atoms with Crippen LogP contribution >= 0.6 is 0 Å². The average molecular weight is 332 g/mol. The van der Waals surface area contributed by atoms with E-state index in [0.717, 1.165) is 11.1 Å². The molecule has 0 saturated heterocycles. The second-order valence-corrected chi connectivity index (χ2v) is 7.88. The van der Waals surface area contributed by atoms with Crippen molar-refractivity contribution in [3.05, 3.63) is 58.7 Å². The highest BCUT2D eigenvalue weighted by atomic mass is 28.4. The molecule has 0 radical (unpaired) electrons. The zero-order chi connectivity index (χ0) is 17.0. The second-order valence-electron chi connectivity index (χ2n) is 5.65. The van der Waals surface area contributed by atoms with Gasteiger partial charge in [0.25, 0.3) is 0 Å². The van der Waals surface area contributed by atoms with Crippen LogP contribution in [0.5, 0.6) is 11.5 Å². The molecule has 0 bridgehead atoms. The lowest BCUT2D eigenvalue weighted by atomic mass is 10.1. The highest BCUT2D eigenvalue weighted by molar-refractivity contribution is 6.55. The third-order valence-corrected chi connectivity index (χ3v) is 5.57. The minimum Gasteiger partial charge on any atom is -0.471 e. The van der Waals surface area contributed by atoms with Crippen LogP contribution in [0.4, 0.5) is 0 Å². The quantitative estimate of drug-likeness (QED) is 0.746. The first-order chi connectivity index (χ1) is 10.9. The van der Waals surface area contributed by atoms with Crippen molar-refractivity contribution in [2.45, 2.75) is 27.7 Å². The molecule has 0 atom stereocenters. The van der Waals surface area contributed by atoms with Gasteiger partial charge in [0.2, 0.25) is 0 Å². The lowest BCUT2D eigenvalue weighted by Crippen LogP contribution is -2.53. The maximum atomic E-state index is 6.05. The van der Waals surface area contributed by atoms with Crippen LogP contribution in [0.1, 0.15) is 22.3 Å². The fourth-order valence-corrected chi connectivity index (χ4v) is 3.91. The predicted molar refractivity (Wildman–Crippen MR) is 92.9 cm³/mol. The van der Waals surface area contributed by atoms with Gasteiger partial charge >= 0.3 is 9.05 Å². The molecule has 0 aromatic heterocycles. The maximum absolute atomic E-state index is 6.05. The third-order valence-electron chi connectivity index (χ3n) is 3.63. The summed E-state index contributed by atoms with van der Waals surface area (Å²) in [6.07, 6.45) is 0. The Hall–Kier alpha value is -1.82. The van der Waals surface area contributed by atoms with Gasteiger partial charge in [0.1, 0.15) is 11.5 Å². The van der Waals surface area contributed by atoms with E-state index in [2.05, 4.69) is 12.1 Å². The molecule has 0 fully saturated rings. The molecule has 5 heteroatoms. The highest BCUT2D eigenvalue weighted by Crippen LogP contribution is 2.27. The minimum absolute atomic E-state index is 0.704. The molecule has 0 saturated carbocycles. The molecule has 124 valence electrons. The van der Waals surface area contributed by atoms with E-state index in [1.165, 1.54) is 11.1 Å². The van der Waals surface area contributed by atoms with Gasteiger partial charge in [0, 0.05) is 14.2 Å². The van der Waals surface area contributed by atoms with Crippen LogP contribution in [0, 0.1) is 27.7 Å². The van der Waals surface area contributed by atoms with Crippen LogP contribution in [0.3, 0.4) is 0 Å². The standard InChI is InChI=1S/C18H24O4Si/c1-13-7-9-17(15(3)11-13)21-23(19-5,20-6)22-18-10-8-14(2)12-16(18)4/h7-12H,1-6H3. The van der Waals surface area contributed by atoms with Crippen molar-refractivity contribution < 1.29 is 17.7 Å². The topological polar surface area (TPSA) is 36.9 Å². The fraction of sp³-hybridized carbons (Fsp3) is 0.333. The normalized spacial score (nSPS) is 11.4. The number of aryl methyl sites for hydroxylation is 4. The van der Waals surface area contributed by atoms with E-state index in [1.54, 1.807) is 14.2 Å². The highest BCUT2D eigenvalue weighted by Gasteiger charge is 2.50. The van der Waals surface area contributed by atoms with Gasteiger partial charge in [-0.05, 0) is 51.0 Å². The van der Waals surface area contributed by atoms with E-state index < -0.39 is 9.05 Å². The number of hydrogen-bond acceptors (Lipinski definition) is 4. The van der Waals surface area contributed by atoms with E-state index >= 15 is 0 Å². The lowest BCUT2D eigenvalue weighted by molar-refractivity contribution is 0.0820. The second kappa shape index (κ2) is 7.17. The molecule has 0 spiro atoms. The molecular formula is C18H24O4Si. The zero-order valence-corrected chi connectivity index (χ0v) is 15.6. The van der Waals surface area contributed by atoms with Gasteiger partial charge in [-0.2, -0.15) is 0 Å². The van der Waals surface area contributed by atoms with Crippen LogP contribution in [0.2, 0.25) is 0 Å². The molecule has 0 amide bonds. The number of benzene rings is 2. The summed E-state index contributed by atoms with van der Waals surface area (Å²) in [5.41, 5.74) is 4.37. The van der Waals surface area contributed by atoms with Crippen molar-refractivity contribution >= 4 is 9.05 Å². The summed E-state index contributed by atoms with van der Waals surface area (Å²) in [7, 11) is -0.234. The van der Waals surface area contributed by atoms with E-state index in [0.29, 0.717) is 11.5 Å². The van der Waals surface area contributed by atoms with Gasteiger partial charge < -0.3 is 17.7 Å². The first-order valence-corrected chi connectivity index (χ1v) is 9.15. The summed E-state index contributed by atoms with van der Waals surface area (Å²) in [6.45, 7) is 8.06. The summed E-state index contributed by atoms with van der Waals surface area (Å²) < 4.78 is 23.2. The smallest absolute Gasteiger partial charge is 0.471 e. The van der Waals surface area contributed by atoms with Crippen LogP contribution in [-0.4, -0.2) is 23.3 Å². The molecule has 2 aromatic rings. The van der Waals surface area contributed by atoms with E-state index in [9.17, 15) is 0 Å². The van der Waals surface area contributed by atoms with E-state index in [4.69, 9.17) is 17.7 Å². The van der Waals surface area contributed by atoms with Gasteiger partial charge in [0.15, 0.2) is 0 Å². The van der Waals surface area contributed by atoms with E-state index in [1.807, 2.05) is 52.0 Å². The van der Waals surface area contributed by atoms with Crippen LogP contribution in [0.15, 0.2) is 36.4 Å². The summed E-state index contributed by atoms with van der Waals surface area (Å²) in [5, 5.41) is 0. The lowest BCUT2D eigenvalue weighted by Gasteiger charge is -2.27. The predicted octanol–water partition coefficient (Wildman–Crippen LogP) is 4.11. The minimum atomic E-state index is -3.32. The molecular weight excluding hydrogens is 308 g/mol. The Morgan fingerprint density at radius 3 is 1.35 bits per heavy atom. The van der Waals surface area contributed by atoms with Gasteiger partial charge in [-0.1, -0.05) is 35.4 Å². The van der Waals surface area contributed by atoms with Gasteiger partial charge in [-0.3, -0.25) is 0 Å². The summed E-state index contributed by atoms with van der Waals surface area (Å²) in [4.78, 5) is 0. The molecule has 0 heterocycles. The molecule has 2 aromatic carbocycles. The molecule has 0 unspecified atom stereocenters. The Morgan fingerprint density at radius 2 is 1.04 bits per heavy atom. The Bertz CT molecular complexity index is 625. The Balaban J connectivity index is 2.31. The van der Waals surface area contributed by atoms with Crippen LogP contribution in [0.25, 0.3) is 0 Å². The summed E-state index contributed by atoms with van der Waals surface area (Å²) in [6, 6.07) is 11.9. The van der Waals surface area contributed by atoms with Crippen molar-refractivity contribution in [2.24, 2.45) is 0 Å². The molecule has 0 aliphatic rings. The first-order valence-electron chi connectivity index (χ1n) is 7.52. The van der Waals surface area contributed by atoms with Crippen LogP contribution in [-0.2, 0) is 8.85 Å². The number of hydrogen-bond donors (Lipinski definition) is 0. The molecule has 23 heavy (non-hydrogen) atoms. The fourth-order valence-electron chi connectivity index (χ4n) is 2.37. The average Bonchev–Trinajstić information content (AvgIpc) is 2.51. The first kappa shape index (κ1) is 17.5. The van der Waals surface area contributed by atoms with Crippen molar-refractivity contribution in [3.8, 4) is 11.5 Å². The van der Waals surface area contributed by atoms with E-state index in [-0.39, 0.29) is 0 Å². The molecule has 0 aliphatic heterocycles. The molecule has 0 N–H and O–H groups in total. The summed E-state index contributed by atoms with van der Waals surface area (Å²) >= 11 is 0. The zero-order valence-electron chi connectivity index (χ0n) is 14.6. The van der Waals surface area contributed by atoms with Crippen molar-refractivity contribution in [3.63, 3.8) is 0 Å². The molecule has 2 rings (SSSR count). The van der Waals surface area contributed by atoms with Crippen molar-refractivity contribution in [2.75, 3.05) is 14.2 Å². The maximum Gasteiger partial charge on any atom is 0.820 e. The molecule has 4 nitrogen and oxygen atoms in total. The monoisotopic (exact) mass is 332 g/mol. The Kier molecular flexibility index (Phi) is 5.46. The molecule has 0 aliphatic carbocycles. The number of rotatable bonds is 6. The van der Waals surface area contributed by atoms with Crippen LogP contribution < -0.4 is 8.85 Å². The third kappa shape index (κ3) is 4.13. The Labute approximate surface area is 139 Å². The van der Waals surface area contributed by atoms with Crippen molar-refractivity contribution in [1.82, 2.24) is 0 Å².